The molecule has 0 saturated carbocycles. The zero-order chi connectivity index (χ0) is 14.3. The summed E-state index contributed by atoms with van der Waals surface area (Å²) >= 11 is 0. The van der Waals surface area contributed by atoms with E-state index in [2.05, 4.69) is 4.74 Å². The van der Waals surface area contributed by atoms with Crippen molar-refractivity contribution in [3.63, 3.8) is 0 Å². The van der Waals surface area contributed by atoms with Crippen molar-refractivity contribution in [2.45, 2.75) is 64.2 Å². The van der Waals surface area contributed by atoms with Gasteiger partial charge in [0.05, 0.1) is 19.2 Å². The van der Waals surface area contributed by atoms with Crippen molar-refractivity contribution in [3.05, 3.63) is 0 Å². The van der Waals surface area contributed by atoms with Crippen LogP contribution < -0.4 is 0 Å². The molecule has 0 aliphatic carbocycles. The van der Waals surface area contributed by atoms with E-state index in [0.29, 0.717) is 12.8 Å². The van der Waals surface area contributed by atoms with E-state index in [1.807, 2.05) is 12.1 Å². The predicted octanol–water partition coefficient (Wildman–Crippen LogP) is 3.72. The predicted molar refractivity (Wildman–Crippen MR) is 72.9 cm³/mol. The van der Waals surface area contributed by atoms with Gasteiger partial charge in [-0.2, -0.15) is 10.5 Å². The lowest BCUT2D eigenvalue weighted by molar-refractivity contribution is -0.140. The van der Waals surface area contributed by atoms with Crippen molar-refractivity contribution in [3.8, 4) is 12.1 Å². The monoisotopic (exact) mass is 264 g/mol. The quantitative estimate of drug-likeness (QED) is 0.421. The Morgan fingerprint density at radius 3 is 1.89 bits per heavy atom. The lowest BCUT2D eigenvalue weighted by Gasteiger charge is -2.02. The topological polar surface area (TPSA) is 73.9 Å². The molecule has 0 unspecified atom stereocenters. The molecule has 0 fully saturated rings. The number of nitrogens with zero attached hydrogens (tertiary/aromatic N) is 2. The fourth-order valence-electron chi connectivity index (χ4n) is 1.94. The van der Waals surface area contributed by atoms with Crippen LogP contribution >= 0.6 is 0 Å². The molecule has 0 bridgehead atoms. The minimum atomic E-state index is -0.432. The highest BCUT2D eigenvalue weighted by molar-refractivity contribution is 5.68. The number of carbonyl (C=O) groups is 1. The van der Waals surface area contributed by atoms with E-state index < -0.39 is 5.92 Å². The summed E-state index contributed by atoms with van der Waals surface area (Å²) in [4.78, 5) is 10.9. The summed E-state index contributed by atoms with van der Waals surface area (Å²) in [6.07, 6.45) is 10.0. The average Bonchev–Trinajstić information content (AvgIpc) is 2.44. The van der Waals surface area contributed by atoms with Crippen molar-refractivity contribution in [1.29, 1.82) is 10.5 Å². The van der Waals surface area contributed by atoms with E-state index >= 15 is 0 Å². The van der Waals surface area contributed by atoms with Gasteiger partial charge in [0.1, 0.15) is 5.92 Å². The lowest BCUT2D eigenvalue weighted by atomic mass is 10.0. The van der Waals surface area contributed by atoms with E-state index in [9.17, 15) is 4.79 Å². The smallest absolute Gasteiger partial charge is 0.305 e. The molecule has 4 heteroatoms. The van der Waals surface area contributed by atoms with Crippen LogP contribution in [0.15, 0.2) is 0 Å². The number of hydrogen-bond donors (Lipinski definition) is 0. The zero-order valence-electron chi connectivity index (χ0n) is 11.9. The van der Waals surface area contributed by atoms with Gasteiger partial charge >= 0.3 is 5.97 Å². The maximum absolute atomic E-state index is 10.9. The second kappa shape index (κ2) is 12.9. The van der Waals surface area contributed by atoms with Crippen LogP contribution in [0.5, 0.6) is 0 Å². The Kier molecular flexibility index (Phi) is 11.8. The first-order valence-electron chi connectivity index (χ1n) is 7.10. The van der Waals surface area contributed by atoms with Gasteiger partial charge in [0.15, 0.2) is 0 Å². The van der Waals surface area contributed by atoms with Crippen LogP contribution in [0.3, 0.4) is 0 Å². The normalized spacial score (nSPS) is 9.89. The number of rotatable bonds is 11. The standard InChI is InChI=1S/C15H24N2O2/c1-19-15(18)11-9-7-5-3-2-4-6-8-10-14(12-16)13-17/h14H,2-11H2,1H3. The van der Waals surface area contributed by atoms with Gasteiger partial charge in [-0.05, 0) is 12.8 Å². The zero-order valence-corrected chi connectivity index (χ0v) is 11.9. The molecule has 0 heterocycles. The number of nitriles is 2. The molecule has 0 aromatic rings. The number of hydrogen-bond acceptors (Lipinski definition) is 4. The number of carbonyl (C=O) groups excluding carboxylic acids is 1. The van der Waals surface area contributed by atoms with Crippen LogP contribution in [-0.2, 0) is 9.53 Å². The summed E-state index contributed by atoms with van der Waals surface area (Å²) in [5, 5.41) is 17.2. The van der Waals surface area contributed by atoms with Gasteiger partial charge in [-0.1, -0.05) is 44.9 Å². The molecule has 0 aromatic carbocycles. The van der Waals surface area contributed by atoms with E-state index in [-0.39, 0.29) is 5.97 Å². The summed E-state index contributed by atoms with van der Waals surface area (Å²) in [5.74, 6) is -0.553. The highest BCUT2D eigenvalue weighted by Crippen LogP contribution is 2.13. The molecule has 0 N–H and O–H groups in total. The molecule has 19 heavy (non-hydrogen) atoms. The van der Waals surface area contributed by atoms with E-state index in [1.54, 1.807) is 0 Å². The SMILES string of the molecule is COC(=O)CCCCCCCCCCC(C#N)C#N. The number of esters is 1. The van der Waals surface area contributed by atoms with Crippen LogP contribution in [0.4, 0.5) is 0 Å². The molecule has 0 aliphatic heterocycles. The van der Waals surface area contributed by atoms with Crippen molar-refractivity contribution < 1.29 is 9.53 Å². The lowest BCUT2D eigenvalue weighted by Crippen LogP contribution is -1.99. The van der Waals surface area contributed by atoms with Crippen LogP contribution in [0.2, 0.25) is 0 Å². The minimum absolute atomic E-state index is 0.121. The molecular weight excluding hydrogens is 240 g/mol. The Bertz CT molecular complexity index is 301. The number of unbranched alkanes of at least 4 members (excludes halogenated alkanes) is 7. The van der Waals surface area contributed by atoms with E-state index in [1.165, 1.54) is 26.4 Å². The van der Waals surface area contributed by atoms with Crippen molar-refractivity contribution in [2.75, 3.05) is 7.11 Å². The van der Waals surface area contributed by atoms with Crippen molar-refractivity contribution in [2.24, 2.45) is 5.92 Å². The molecule has 106 valence electrons. The summed E-state index contributed by atoms with van der Waals surface area (Å²) < 4.78 is 4.58. The third-order valence-electron chi connectivity index (χ3n) is 3.16. The van der Waals surface area contributed by atoms with Crippen molar-refractivity contribution in [1.82, 2.24) is 0 Å². The Balaban J connectivity index is 3.18. The molecule has 4 nitrogen and oxygen atoms in total. The van der Waals surface area contributed by atoms with Crippen LogP contribution in [0.25, 0.3) is 0 Å². The van der Waals surface area contributed by atoms with Gasteiger partial charge in [-0.3, -0.25) is 4.79 Å². The Labute approximate surface area is 116 Å². The summed E-state index contributed by atoms with van der Waals surface area (Å²) in [7, 11) is 1.42. The molecule has 0 saturated heterocycles. The van der Waals surface area contributed by atoms with Crippen molar-refractivity contribution >= 4 is 5.97 Å². The molecule has 0 rings (SSSR count). The molecule has 0 aromatic heterocycles. The first kappa shape index (κ1) is 17.4. The average molecular weight is 264 g/mol. The molecule has 0 radical (unpaired) electrons. The summed E-state index contributed by atoms with van der Waals surface area (Å²) in [6.45, 7) is 0. The molecular formula is C15H24N2O2. The van der Waals surface area contributed by atoms with Gasteiger partial charge < -0.3 is 4.74 Å². The highest BCUT2D eigenvalue weighted by atomic mass is 16.5. The summed E-state index contributed by atoms with van der Waals surface area (Å²) in [5.41, 5.74) is 0. The number of ether oxygens (including phenoxy) is 1. The molecule has 0 aliphatic rings. The molecule has 0 atom stereocenters. The second-order valence-electron chi connectivity index (χ2n) is 4.75. The third-order valence-corrected chi connectivity index (χ3v) is 3.16. The van der Waals surface area contributed by atoms with E-state index in [0.717, 1.165) is 32.1 Å². The van der Waals surface area contributed by atoms with Crippen LogP contribution in [0, 0.1) is 28.6 Å². The Morgan fingerprint density at radius 2 is 1.42 bits per heavy atom. The van der Waals surface area contributed by atoms with Gasteiger partial charge in [0.2, 0.25) is 0 Å². The summed E-state index contributed by atoms with van der Waals surface area (Å²) in [6, 6.07) is 3.98. The van der Waals surface area contributed by atoms with Crippen LogP contribution in [-0.4, -0.2) is 13.1 Å². The Morgan fingerprint density at radius 1 is 0.947 bits per heavy atom. The van der Waals surface area contributed by atoms with Gasteiger partial charge in [-0.15, -0.1) is 0 Å². The van der Waals surface area contributed by atoms with E-state index in [4.69, 9.17) is 10.5 Å². The molecule has 0 spiro atoms. The fourth-order valence-corrected chi connectivity index (χ4v) is 1.94. The van der Waals surface area contributed by atoms with Gasteiger partial charge in [0, 0.05) is 6.42 Å². The second-order valence-corrected chi connectivity index (χ2v) is 4.75. The number of methoxy groups -OCH3 is 1. The maximum Gasteiger partial charge on any atom is 0.305 e. The molecule has 0 amide bonds. The van der Waals surface area contributed by atoms with Gasteiger partial charge in [-0.25, -0.2) is 0 Å². The fraction of sp³-hybridized carbons (Fsp3) is 0.800. The first-order chi connectivity index (χ1) is 9.24. The van der Waals surface area contributed by atoms with Crippen LogP contribution in [0.1, 0.15) is 64.2 Å². The third kappa shape index (κ3) is 11.3. The largest absolute Gasteiger partial charge is 0.469 e. The van der Waals surface area contributed by atoms with Gasteiger partial charge in [0.25, 0.3) is 0 Å². The maximum atomic E-state index is 10.9. The minimum Gasteiger partial charge on any atom is -0.469 e. The highest BCUT2D eigenvalue weighted by Gasteiger charge is 2.03. The first-order valence-corrected chi connectivity index (χ1v) is 7.10. The Hall–Kier alpha value is -1.55.